The molecule has 0 aliphatic rings. The zero-order chi connectivity index (χ0) is 10.8. The zero-order valence-electron chi connectivity index (χ0n) is 9.12. The topological polar surface area (TPSA) is 17.1 Å². The molecule has 0 aromatic carbocycles. The third-order valence-corrected chi connectivity index (χ3v) is 2.24. The van der Waals surface area contributed by atoms with E-state index in [1.54, 1.807) is 18.7 Å². The second-order valence-corrected chi connectivity index (χ2v) is 3.96. The summed E-state index contributed by atoms with van der Waals surface area (Å²) in [6, 6.07) is 0. The number of carbonyl (C=O) groups is 1. The second-order valence-electron chi connectivity index (χ2n) is 2.77. The molecule has 78 valence electrons. The van der Waals surface area contributed by atoms with Crippen LogP contribution in [0.4, 0.5) is 0 Å². The molecule has 0 aliphatic heterocycles. The minimum absolute atomic E-state index is 0.112. The first-order valence-corrected chi connectivity index (χ1v) is 5.93. The minimum atomic E-state index is 0.112. The van der Waals surface area contributed by atoms with Gasteiger partial charge in [-0.15, -0.1) is 11.8 Å². The Labute approximate surface area is 91.0 Å². The zero-order valence-corrected chi connectivity index (χ0v) is 9.93. The van der Waals surface area contributed by atoms with E-state index >= 15 is 0 Å². The number of allylic oxidation sites excluding steroid dienone is 5. The number of hydrogen-bond acceptors (Lipinski definition) is 2. The van der Waals surface area contributed by atoms with E-state index in [4.69, 9.17) is 0 Å². The van der Waals surface area contributed by atoms with Gasteiger partial charge in [-0.3, -0.25) is 4.79 Å². The van der Waals surface area contributed by atoms with Crippen LogP contribution in [0.25, 0.3) is 0 Å². The van der Waals surface area contributed by atoms with Crippen LogP contribution in [0.1, 0.15) is 27.2 Å². The van der Waals surface area contributed by atoms with E-state index < -0.39 is 0 Å². The highest BCUT2D eigenvalue weighted by molar-refractivity contribution is 8.02. The monoisotopic (exact) mass is 210 g/mol. The van der Waals surface area contributed by atoms with E-state index in [2.05, 4.69) is 13.8 Å². The quantitative estimate of drug-likeness (QED) is 0.491. The predicted octanol–water partition coefficient (Wildman–Crippen LogP) is 3.73. The molecular weight excluding hydrogens is 192 g/mol. The Bertz CT molecular complexity index is 249. The number of carbonyl (C=O) groups excluding carboxylic acids is 1. The van der Waals surface area contributed by atoms with Crippen molar-refractivity contribution in [2.75, 3.05) is 5.75 Å². The first kappa shape index (κ1) is 13.2. The van der Waals surface area contributed by atoms with Crippen molar-refractivity contribution in [3.63, 3.8) is 0 Å². The first-order valence-electron chi connectivity index (χ1n) is 4.88. The van der Waals surface area contributed by atoms with E-state index in [0.29, 0.717) is 0 Å². The average molecular weight is 210 g/mol. The Kier molecular flexibility index (Phi) is 8.34. The molecule has 14 heavy (non-hydrogen) atoms. The molecule has 2 heteroatoms. The highest BCUT2D eigenvalue weighted by atomic mass is 32.2. The fourth-order valence-electron chi connectivity index (χ4n) is 0.830. The smallest absolute Gasteiger partial charge is 0.159 e. The van der Waals surface area contributed by atoms with Crippen LogP contribution in [0, 0.1) is 0 Å². The maximum atomic E-state index is 11.2. The molecule has 0 amide bonds. The lowest BCUT2D eigenvalue weighted by molar-refractivity contribution is -0.113. The Morgan fingerprint density at radius 2 is 2.07 bits per heavy atom. The summed E-state index contributed by atoms with van der Waals surface area (Å²) in [5.74, 6) is 1.17. The van der Waals surface area contributed by atoms with Crippen molar-refractivity contribution < 1.29 is 4.79 Å². The Balaban J connectivity index is 4.33. The van der Waals surface area contributed by atoms with Gasteiger partial charge in [-0.25, -0.2) is 0 Å². The van der Waals surface area contributed by atoms with Crippen LogP contribution in [-0.4, -0.2) is 11.5 Å². The highest BCUT2D eigenvalue weighted by Crippen LogP contribution is 2.04. The molecule has 0 saturated carbocycles. The summed E-state index contributed by atoms with van der Waals surface area (Å²) in [4.78, 5) is 11.2. The summed E-state index contributed by atoms with van der Waals surface area (Å²) < 4.78 is 0. The first-order chi connectivity index (χ1) is 6.72. The van der Waals surface area contributed by atoms with E-state index in [-0.39, 0.29) is 5.78 Å². The molecule has 0 aliphatic carbocycles. The molecule has 0 saturated heterocycles. The lowest BCUT2D eigenvalue weighted by Crippen LogP contribution is -1.91. The van der Waals surface area contributed by atoms with Crippen LogP contribution in [-0.2, 0) is 4.79 Å². The molecule has 0 heterocycles. The van der Waals surface area contributed by atoms with Crippen molar-refractivity contribution in [1.82, 2.24) is 0 Å². The van der Waals surface area contributed by atoms with E-state index in [0.717, 1.165) is 17.7 Å². The van der Waals surface area contributed by atoms with Gasteiger partial charge in [0.15, 0.2) is 5.78 Å². The van der Waals surface area contributed by atoms with Crippen molar-refractivity contribution in [1.29, 1.82) is 0 Å². The number of hydrogen-bond donors (Lipinski definition) is 0. The molecule has 0 N–H and O–H groups in total. The van der Waals surface area contributed by atoms with Gasteiger partial charge in [0, 0.05) is 5.57 Å². The predicted molar refractivity (Wildman–Crippen MR) is 65.5 cm³/mol. The van der Waals surface area contributed by atoms with Gasteiger partial charge in [-0.1, -0.05) is 38.2 Å². The van der Waals surface area contributed by atoms with Gasteiger partial charge in [-0.2, -0.15) is 0 Å². The number of rotatable bonds is 6. The summed E-state index contributed by atoms with van der Waals surface area (Å²) in [6.45, 7) is 5.74. The van der Waals surface area contributed by atoms with Crippen molar-refractivity contribution in [3.05, 3.63) is 35.3 Å². The van der Waals surface area contributed by atoms with Crippen molar-refractivity contribution in [2.24, 2.45) is 0 Å². The van der Waals surface area contributed by atoms with Crippen LogP contribution < -0.4 is 0 Å². The molecule has 0 spiro atoms. The van der Waals surface area contributed by atoms with E-state index in [1.165, 1.54) is 0 Å². The van der Waals surface area contributed by atoms with Gasteiger partial charge in [0.2, 0.25) is 0 Å². The molecule has 0 atom stereocenters. The van der Waals surface area contributed by atoms with Crippen molar-refractivity contribution in [3.8, 4) is 0 Å². The summed E-state index contributed by atoms with van der Waals surface area (Å²) in [5.41, 5.74) is 0.764. The number of Topliss-reactive ketones (excluding diaryl/α,β-unsaturated/α-hetero) is 1. The third kappa shape index (κ3) is 6.72. The van der Waals surface area contributed by atoms with Crippen LogP contribution in [0.5, 0.6) is 0 Å². The van der Waals surface area contributed by atoms with Crippen LogP contribution in [0.15, 0.2) is 35.3 Å². The Morgan fingerprint density at radius 1 is 1.36 bits per heavy atom. The molecule has 0 aromatic rings. The molecule has 0 unspecified atom stereocenters. The second kappa shape index (κ2) is 8.82. The molecular formula is C12H18OS. The molecule has 0 radical (unpaired) electrons. The average Bonchev–Trinajstić information content (AvgIpc) is 2.16. The lowest BCUT2D eigenvalue weighted by Gasteiger charge is -1.92. The van der Waals surface area contributed by atoms with E-state index in [9.17, 15) is 4.79 Å². The summed E-state index contributed by atoms with van der Waals surface area (Å²) in [6.07, 6.45) is 8.61. The van der Waals surface area contributed by atoms with Crippen molar-refractivity contribution in [2.45, 2.75) is 27.2 Å². The number of ketones is 1. The van der Waals surface area contributed by atoms with Gasteiger partial charge in [0.05, 0.1) is 0 Å². The van der Waals surface area contributed by atoms with Crippen molar-refractivity contribution >= 4 is 17.5 Å². The molecule has 1 nitrogen and oxygen atoms in total. The fourth-order valence-corrected chi connectivity index (χ4v) is 1.21. The van der Waals surface area contributed by atoms with Crippen LogP contribution >= 0.6 is 11.8 Å². The summed E-state index contributed by atoms with van der Waals surface area (Å²) in [7, 11) is 0. The van der Waals surface area contributed by atoms with Gasteiger partial charge < -0.3 is 0 Å². The third-order valence-electron chi connectivity index (χ3n) is 1.56. The van der Waals surface area contributed by atoms with Gasteiger partial charge >= 0.3 is 0 Å². The molecule has 0 rings (SSSR count). The maximum Gasteiger partial charge on any atom is 0.159 e. The Hall–Kier alpha value is -0.760. The Morgan fingerprint density at radius 3 is 2.57 bits per heavy atom. The minimum Gasteiger partial charge on any atom is -0.295 e. The van der Waals surface area contributed by atoms with Gasteiger partial charge in [0.1, 0.15) is 0 Å². The molecule has 0 fully saturated rings. The molecule has 0 bridgehead atoms. The van der Waals surface area contributed by atoms with Gasteiger partial charge in [0.25, 0.3) is 0 Å². The highest BCUT2D eigenvalue weighted by Gasteiger charge is 1.95. The van der Waals surface area contributed by atoms with Crippen LogP contribution in [0.3, 0.4) is 0 Å². The van der Waals surface area contributed by atoms with E-state index in [1.807, 2.05) is 29.7 Å². The SMILES string of the molecule is CC\C=C/C(=C\C=C\SCC)C(C)=O. The summed E-state index contributed by atoms with van der Waals surface area (Å²) in [5, 5.41) is 2.00. The van der Waals surface area contributed by atoms with Crippen LogP contribution in [0.2, 0.25) is 0 Å². The standard InChI is InChI=1S/C12H18OS/c1-4-6-8-12(11(3)13)9-7-10-14-5-2/h6-10H,4-5H2,1-3H3/b8-6-,10-7+,12-9+. The van der Waals surface area contributed by atoms with Gasteiger partial charge in [-0.05, 0) is 24.5 Å². The fraction of sp³-hybridized carbons (Fsp3) is 0.417. The molecule has 0 aromatic heterocycles. The number of thioether (sulfide) groups is 1. The lowest BCUT2D eigenvalue weighted by atomic mass is 10.1. The maximum absolute atomic E-state index is 11.2. The normalized spacial score (nSPS) is 12.9. The summed E-state index contributed by atoms with van der Waals surface area (Å²) >= 11 is 1.73. The largest absolute Gasteiger partial charge is 0.295 e.